The zero-order valence-electron chi connectivity index (χ0n) is 7.96. The predicted octanol–water partition coefficient (Wildman–Crippen LogP) is 1.20. The molecule has 0 saturated heterocycles. The zero-order chi connectivity index (χ0) is 9.40. The lowest BCUT2D eigenvalue weighted by Crippen LogP contribution is -2.20. The van der Waals surface area contributed by atoms with E-state index in [0.29, 0.717) is 0 Å². The van der Waals surface area contributed by atoms with E-state index < -0.39 is 0 Å². The fourth-order valence-electron chi connectivity index (χ4n) is 0.796. The van der Waals surface area contributed by atoms with Crippen LogP contribution in [-0.2, 0) is 0 Å². The van der Waals surface area contributed by atoms with Crippen LogP contribution < -0.4 is 10.6 Å². The van der Waals surface area contributed by atoms with E-state index in [2.05, 4.69) is 16.8 Å². The second kappa shape index (κ2) is 6.40. The van der Waals surface area contributed by atoms with Crippen LogP contribution in [0.1, 0.15) is 20.8 Å². The van der Waals surface area contributed by atoms with Crippen LogP contribution in [0.2, 0.25) is 0 Å². The fourth-order valence-corrected chi connectivity index (χ4v) is 0.796. The van der Waals surface area contributed by atoms with Crippen molar-refractivity contribution in [3.8, 4) is 0 Å². The first-order valence-corrected chi connectivity index (χ1v) is 4.17. The summed E-state index contributed by atoms with van der Waals surface area (Å²) in [6.07, 6.45) is 7.41. The summed E-state index contributed by atoms with van der Waals surface area (Å²) in [7, 11) is 0. The maximum absolute atomic E-state index is 3.88. The summed E-state index contributed by atoms with van der Waals surface area (Å²) < 4.78 is 0. The SMILES string of the molecule is C=C/C=c1/cn[nH]/c1=C/C.CC. The molecular formula is C10H16N2. The van der Waals surface area contributed by atoms with Crippen LogP contribution >= 0.6 is 0 Å². The number of nitrogens with one attached hydrogen (secondary N) is 1. The normalized spacial score (nSPS) is 12.2. The summed E-state index contributed by atoms with van der Waals surface area (Å²) in [5, 5.41) is 8.85. The van der Waals surface area contributed by atoms with E-state index in [1.807, 2.05) is 32.9 Å². The molecule has 1 aromatic rings. The predicted molar refractivity (Wildman–Crippen MR) is 54.0 cm³/mol. The number of hydrogen-bond acceptors (Lipinski definition) is 1. The van der Waals surface area contributed by atoms with Crippen LogP contribution in [0.25, 0.3) is 12.2 Å². The van der Waals surface area contributed by atoms with Gasteiger partial charge in [0.1, 0.15) is 0 Å². The van der Waals surface area contributed by atoms with Gasteiger partial charge in [0, 0.05) is 5.22 Å². The van der Waals surface area contributed by atoms with E-state index in [9.17, 15) is 0 Å². The van der Waals surface area contributed by atoms with E-state index in [-0.39, 0.29) is 0 Å². The molecule has 2 heteroatoms. The molecule has 0 spiro atoms. The van der Waals surface area contributed by atoms with Crippen molar-refractivity contribution in [1.29, 1.82) is 0 Å². The molecule has 1 aromatic heterocycles. The quantitative estimate of drug-likeness (QED) is 0.664. The van der Waals surface area contributed by atoms with Gasteiger partial charge in [-0.2, -0.15) is 5.10 Å². The third-order valence-corrected chi connectivity index (χ3v) is 1.29. The van der Waals surface area contributed by atoms with Gasteiger partial charge in [-0.25, -0.2) is 0 Å². The van der Waals surface area contributed by atoms with Crippen molar-refractivity contribution in [3.63, 3.8) is 0 Å². The summed E-state index contributed by atoms with van der Waals surface area (Å²) in [6, 6.07) is 0. The Kier molecular flexibility index (Phi) is 5.70. The van der Waals surface area contributed by atoms with Crippen LogP contribution in [0.15, 0.2) is 18.9 Å². The molecule has 0 saturated carbocycles. The van der Waals surface area contributed by atoms with Gasteiger partial charge < -0.3 is 0 Å². The van der Waals surface area contributed by atoms with Gasteiger partial charge in [-0.1, -0.05) is 38.7 Å². The van der Waals surface area contributed by atoms with Gasteiger partial charge >= 0.3 is 0 Å². The Hall–Kier alpha value is -1.31. The number of H-pyrrole nitrogens is 1. The van der Waals surface area contributed by atoms with Crippen LogP contribution in [0.4, 0.5) is 0 Å². The average molecular weight is 164 g/mol. The van der Waals surface area contributed by atoms with Crippen molar-refractivity contribution in [2.75, 3.05) is 0 Å². The minimum Gasteiger partial charge on any atom is -0.278 e. The molecule has 0 aliphatic heterocycles. The van der Waals surface area contributed by atoms with Gasteiger partial charge in [0.25, 0.3) is 0 Å². The highest BCUT2D eigenvalue weighted by Crippen LogP contribution is 1.63. The Balaban J connectivity index is 0.000000561. The Labute approximate surface area is 73.3 Å². The highest BCUT2D eigenvalue weighted by molar-refractivity contribution is 5.35. The Morgan fingerprint density at radius 2 is 2.17 bits per heavy atom. The minimum absolute atomic E-state index is 1.04. The smallest absolute Gasteiger partial charge is 0.0607 e. The molecule has 0 aromatic carbocycles. The Morgan fingerprint density at radius 3 is 2.67 bits per heavy atom. The highest BCUT2D eigenvalue weighted by atomic mass is 15.1. The lowest BCUT2D eigenvalue weighted by molar-refractivity contribution is 1.06. The highest BCUT2D eigenvalue weighted by Gasteiger charge is 1.80. The monoisotopic (exact) mass is 164 g/mol. The standard InChI is InChI=1S/C8H10N2.C2H6/c1-3-5-7-6-9-10-8(7)4-2;1-2/h3-6,10H,1H2,2H3;1-2H3/b7-5-,8-4+;. The molecule has 1 rings (SSSR count). The summed E-state index contributed by atoms with van der Waals surface area (Å²) in [4.78, 5) is 0. The van der Waals surface area contributed by atoms with Crippen LogP contribution in [0.3, 0.4) is 0 Å². The maximum atomic E-state index is 3.88. The van der Waals surface area contributed by atoms with Gasteiger partial charge in [-0.3, -0.25) is 5.10 Å². The maximum Gasteiger partial charge on any atom is 0.0607 e. The molecule has 0 fully saturated rings. The average Bonchev–Trinajstić information content (AvgIpc) is 2.56. The molecule has 0 bridgehead atoms. The van der Waals surface area contributed by atoms with Gasteiger partial charge in [0.2, 0.25) is 0 Å². The number of aromatic amines is 1. The van der Waals surface area contributed by atoms with E-state index in [1.165, 1.54) is 0 Å². The number of hydrogen-bond donors (Lipinski definition) is 1. The molecule has 0 unspecified atom stereocenters. The first-order valence-electron chi connectivity index (χ1n) is 4.17. The summed E-state index contributed by atoms with van der Waals surface area (Å²) in [6.45, 7) is 9.57. The summed E-state index contributed by atoms with van der Waals surface area (Å²) in [5.41, 5.74) is 0. The van der Waals surface area contributed by atoms with Crippen molar-refractivity contribution >= 4 is 12.2 Å². The van der Waals surface area contributed by atoms with E-state index in [1.54, 1.807) is 12.3 Å². The zero-order valence-corrected chi connectivity index (χ0v) is 7.96. The fraction of sp³-hybridized carbons (Fsp3) is 0.300. The van der Waals surface area contributed by atoms with Crippen molar-refractivity contribution in [1.82, 2.24) is 10.2 Å². The number of nitrogens with zero attached hydrogens (tertiary/aromatic N) is 1. The van der Waals surface area contributed by atoms with Crippen molar-refractivity contribution in [2.45, 2.75) is 20.8 Å². The molecule has 0 amide bonds. The molecule has 0 atom stereocenters. The summed E-state index contributed by atoms with van der Waals surface area (Å²) in [5.74, 6) is 0. The molecular weight excluding hydrogens is 148 g/mol. The number of aromatic nitrogens is 2. The summed E-state index contributed by atoms with van der Waals surface area (Å²) >= 11 is 0. The van der Waals surface area contributed by atoms with Crippen LogP contribution in [-0.4, -0.2) is 10.2 Å². The van der Waals surface area contributed by atoms with Gasteiger partial charge in [0.05, 0.1) is 11.5 Å². The van der Waals surface area contributed by atoms with E-state index in [0.717, 1.165) is 10.6 Å². The van der Waals surface area contributed by atoms with Crippen LogP contribution in [0.5, 0.6) is 0 Å². The molecule has 12 heavy (non-hydrogen) atoms. The van der Waals surface area contributed by atoms with Crippen molar-refractivity contribution < 1.29 is 0 Å². The molecule has 0 aliphatic carbocycles. The van der Waals surface area contributed by atoms with Gasteiger partial charge in [-0.15, -0.1) is 0 Å². The number of rotatable bonds is 1. The third kappa shape index (κ3) is 2.74. The third-order valence-electron chi connectivity index (χ3n) is 1.29. The second-order valence-electron chi connectivity index (χ2n) is 1.93. The molecule has 0 aliphatic rings. The van der Waals surface area contributed by atoms with Gasteiger partial charge in [0.15, 0.2) is 0 Å². The van der Waals surface area contributed by atoms with E-state index >= 15 is 0 Å². The first kappa shape index (κ1) is 10.7. The van der Waals surface area contributed by atoms with E-state index in [4.69, 9.17) is 0 Å². The van der Waals surface area contributed by atoms with Gasteiger partial charge in [-0.05, 0) is 6.92 Å². The second-order valence-corrected chi connectivity index (χ2v) is 1.93. The first-order chi connectivity index (χ1) is 5.88. The lowest BCUT2D eigenvalue weighted by atomic mass is 10.4. The lowest BCUT2D eigenvalue weighted by Gasteiger charge is -1.71. The largest absolute Gasteiger partial charge is 0.278 e. The minimum atomic E-state index is 1.04. The van der Waals surface area contributed by atoms with Crippen molar-refractivity contribution in [2.24, 2.45) is 0 Å². The molecule has 0 radical (unpaired) electrons. The Morgan fingerprint density at radius 1 is 1.50 bits per heavy atom. The molecule has 1 heterocycles. The van der Waals surface area contributed by atoms with Crippen LogP contribution in [0, 0.1) is 0 Å². The molecule has 2 nitrogen and oxygen atoms in total. The molecule has 66 valence electrons. The molecule has 1 N–H and O–H groups in total. The topological polar surface area (TPSA) is 28.7 Å². The number of allylic oxidation sites excluding steroid dienone is 1. The van der Waals surface area contributed by atoms with Crippen molar-refractivity contribution in [3.05, 3.63) is 29.4 Å². The Bertz CT molecular complexity index is 320.